The monoisotopic (exact) mass is 466 g/mol. The second kappa shape index (κ2) is 7.25. The topological polar surface area (TPSA) is 58.2 Å². The van der Waals surface area contributed by atoms with Crippen LogP contribution < -0.4 is 10.6 Å². The van der Waals surface area contributed by atoms with E-state index in [9.17, 15) is 22.8 Å². The third-order valence-electron chi connectivity index (χ3n) is 5.63. The first-order valence-corrected chi connectivity index (χ1v) is 10.2. The molecule has 29 heavy (non-hydrogen) atoms. The van der Waals surface area contributed by atoms with Crippen molar-refractivity contribution in [3.8, 4) is 0 Å². The molecule has 4 nitrogen and oxygen atoms in total. The average Bonchev–Trinajstić information content (AvgIpc) is 2.98. The van der Waals surface area contributed by atoms with E-state index >= 15 is 0 Å². The minimum Gasteiger partial charge on any atom is -0.342 e. The standard InChI is InChI=1S/C21H18BrF3N2O2/c22-17(12-4-1-2-7-15(12)21(23,24)25)18(28)13-5-3-6-14-16(13)20(27-19(14)29)8-10-26-11-9-20/h1-7,17,26H,8-11H2,(H,27,29). The lowest BCUT2D eigenvalue weighted by Crippen LogP contribution is -2.48. The van der Waals surface area contributed by atoms with E-state index in [-0.39, 0.29) is 17.0 Å². The molecule has 8 heteroatoms. The van der Waals surface area contributed by atoms with E-state index in [1.165, 1.54) is 18.2 Å². The Hall–Kier alpha value is -2.19. The Morgan fingerprint density at radius 2 is 1.76 bits per heavy atom. The molecular weight excluding hydrogens is 449 g/mol. The summed E-state index contributed by atoms with van der Waals surface area (Å²) in [5, 5.41) is 6.25. The summed E-state index contributed by atoms with van der Waals surface area (Å²) >= 11 is 3.20. The molecule has 1 spiro atoms. The van der Waals surface area contributed by atoms with Gasteiger partial charge >= 0.3 is 6.18 Å². The van der Waals surface area contributed by atoms with Crippen LogP contribution in [0, 0.1) is 0 Å². The molecule has 0 bridgehead atoms. The number of amides is 1. The molecule has 1 fully saturated rings. The van der Waals surface area contributed by atoms with Crippen molar-refractivity contribution in [2.75, 3.05) is 13.1 Å². The lowest BCUT2D eigenvalue weighted by molar-refractivity contribution is -0.138. The molecule has 1 unspecified atom stereocenters. The van der Waals surface area contributed by atoms with Gasteiger partial charge in [0.15, 0.2) is 5.78 Å². The maximum absolute atomic E-state index is 13.4. The fourth-order valence-electron chi connectivity index (χ4n) is 4.29. The third kappa shape index (κ3) is 3.38. The normalized spacial score (nSPS) is 19.0. The number of ketones is 1. The van der Waals surface area contributed by atoms with Crippen LogP contribution in [0.3, 0.4) is 0 Å². The van der Waals surface area contributed by atoms with Gasteiger partial charge in [-0.3, -0.25) is 9.59 Å². The van der Waals surface area contributed by atoms with E-state index in [1.54, 1.807) is 18.2 Å². The number of hydrogen-bond donors (Lipinski definition) is 2. The second-order valence-corrected chi connectivity index (χ2v) is 8.24. The van der Waals surface area contributed by atoms with Crippen LogP contribution in [0.1, 0.15) is 55.1 Å². The van der Waals surface area contributed by atoms with Crippen molar-refractivity contribution in [2.45, 2.75) is 29.4 Å². The summed E-state index contributed by atoms with van der Waals surface area (Å²) in [5.74, 6) is -0.744. The molecule has 2 heterocycles. The van der Waals surface area contributed by atoms with Crippen molar-refractivity contribution in [3.63, 3.8) is 0 Å². The first-order chi connectivity index (χ1) is 13.7. The lowest BCUT2D eigenvalue weighted by atomic mass is 9.78. The summed E-state index contributed by atoms with van der Waals surface area (Å²) in [6.45, 7) is 1.35. The Balaban J connectivity index is 1.80. The first kappa shape index (κ1) is 20.1. The van der Waals surface area contributed by atoms with Crippen molar-refractivity contribution in [1.29, 1.82) is 0 Å². The molecule has 1 atom stereocenters. The number of carbonyl (C=O) groups is 2. The molecule has 0 radical (unpaired) electrons. The SMILES string of the molecule is O=C1NC2(CCNCC2)c2c1cccc2C(=O)C(Br)c1ccccc1C(F)(F)F. The van der Waals surface area contributed by atoms with Gasteiger partial charge in [0, 0.05) is 16.7 Å². The van der Waals surface area contributed by atoms with Gasteiger partial charge < -0.3 is 10.6 Å². The molecule has 0 saturated carbocycles. The molecule has 2 aromatic rings. The van der Waals surface area contributed by atoms with E-state index in [0.29, 0.717) is 37.1 Å². The van der Waals surface area contributed by atoms with Crippen molar-refractivity contribution >= 4 is 27.6 Å². The van der Waals surface area contributed by atoms with Crippen molar-refractivity contribution < 1.29 is 22.8 Å². The van der Waals surface area contributed by atoms with Crippen LogP contribution in [0.4, 0.5) is 13.2 Å². The van der Waals surface area contributed by atoms with Crippen molar-refractivity contribution in [3.05, 3.63) is 70.3 Å². The van der Waals surface area contributed by atoms with Gasteiger partial charge in [0.05, 0.1) is 11.1 Å². The number of rotatable bonds is 3. The van der Waals surface area contributed by atoms with Crippen LogP contribution in [0.15, 0.2) is 42.5 Å². The predicted molar refractivity (Wildman–Crippen MR) is 105 cm³/mol. The highest BCUT2D eigenvalue weighted by Gasteiger charge is 2.46. The molecule has 2 aromatic carbocycles. The van der Waals surface area contributed by atoms with E-state index < -0.39 is 27.9 Å². The molecule has 1 amide bonds. The number of halogens is 4. The van der Waals surface area contributed by atoms with Gasteiger partial charge in [-0.2, -0.15) is 13.2 Å². The smallest absolute Gasteiger partial charge is 0.342 e. The van der Waals surface area contributed by atoms with Gasteiger partial charge in [-0.25, -0.2) is 0 Å². The van der Waals surface area contributed by atoms with E-state index in [2.05, 4.69) is 26.6 Å². The van der Waals surface area contributed by atoms with Crippen LogP contribution in [-0.4, -0.2) is 24.8 Å². The van der Waals surface area contributed by atoms with Crippen LogP contribution >= 0.6 is 15.9 Å². The number of Topliss-reactive ketones (excluding diaryl/α,β-unsaturated/α-hetero) is 1. The summed E-state index contributed by atoms with van der Waals surface area (Å²) in [6.07, 6.45) is -3.35. The number of piperidine rings is 1. The minimum atomic E-state index is -4.57. The molecule has 0 aromatic heterocycles. The van der Waals surface area contributed by atoms with Crippen molar-refractivity contribution in [2.24, 2.45) is 0 Å². The molecule has 2 N–H and O–H groups in total. The molecule has 2 aliphatic rings. The predicted octanol–water partition coefficient (Wildman–Crippen LogP) is 4.35. The zero-order chi connectivity index (χ0) is 20.8. The zero-order valence-corrected chi connectivity index (χ0v) is 16.9. The Bertz CT molecular complexity index is 984. The number of hydrogen-bond acceptors (Lipinski definition) is 3. The Morgan fingerprint density at radius 1 is 1.07 bits per heavy atom. The van der Waals surface area contributed by atoms with Gasteiger partial charge in [-0.05, 0) is 43.6 Å². The molecule has 0 aliphatic carbocycles. The highest BCUT2D eigenvalue weighted by atomic mass is 79.9. The molecule has 152 valence electrons. The number of nitrogens with one attached hydrogen (secondary N) is 2. The summed E-state index contributed by atoms with van der Waals surface area (Å²) < 4.78 is 40.3. The number of alkyl halides is 4. The van der Waals surface area contributed by atoms with Crippen LogP contribution in [0.5, 0.6) is 0 Å². The largest absolute Gasteiger partial charge is 0.416 e. The van der Waals surface area contributed by atoms with Crippen molar-refractivity contribution in [1.82, 2.24) is 10.6 Å². The van der Waals surface area contributed by atoms with Gasteiger partial charge in [0.2, 0.25) is 0 Å². The maximum atomic E-state index is 13.4. The summed E-state index contributed by atoms with van der Waals surface area (Å²) in [5.41, 5.74) is -0.360. The third-order valence-corrected chi connectivity index (χ3v) is 6.54. The highest BCUT2D eigenvalue weighted by Crippen LogP contribution is 2.43. The second-order valence-electron chi connectivity index (χ2n) is 7.33. The fraction of sp³-hybridized carbons (Fsp3) is 0.333. The van der Waals surface area contributed by atoms with Gasteiger partial charge in [-0.1, -0.05) is 46.3 Å². The number of benzene rings is 2. The number of carbonyl (C=O) groups excluding carboxylic acids is 2. The Labute approximate surface area is 174 Å². The van der Waals surface area contributed by atoms with Crippen LogP contribution in [-0.2, 0) is 11.7 Å². The van der Waals surface area contributed by atoms with E-state index in [1.807, 2.05) is 0 Å². The lowest BCUT2D eigenvalue weighted by Gasteiger charge is -2.36. The van der Waals surface area contributed by atoms with E-state index in [4.69, 9.17) is 0 Å². The van der Waals surface area contributed by atoms with Gasteiger partial charge in [0.25, 0.3) is 5.91 Å². The molecule has 4 rings (SSSR count). The molecule has 1 saturated heterocycles. The quantitative estimate of drug-likeness (QED) is 0.522. The first-order valence-electron chi connectivity index (χ1n) is 9.26. The minimum absolute atomic E-state index is 0.140. The van der Waals surface area contributed by atoms with E-state index in [0.717, 1.165) is 6.07 Å². The Kier molecular flexibility index (Phi) is 5.02. The van der Waals surface area contributed by atoms with Crippen LogP contribution in [0.2, 0.25) is 0 Å². The van der Waals surface area contributed by atoms with Crippen LogP contribution in [0.25, 0.3) is 0 Å². The fourth-order valence-corrected chi connectivity index (χ4v) is 4.94. The average molecular weight is 467 g/mol. The molecule has 2 aliphatic heterocycles. The number of fused-ring (bicyclic) bond motifs is 2. The van der Waals surface area contributed by atoms with Gasteiger partial charge in [-0.15, -0.1) is 0 Å². The highest BCUT2D eigenvalue weighted by molar-refractivity contribution is 9.09. The summed E-state index contributed by atoms with van der Waals surface area (Å²) in [4.78, 5) is 24.7. The summed E-state index contributed by atoms with van der Waals surface area (Å²) in [6, 6.07) is 9.88. The van der Waals surface area contributed by atoms with Gasteiger partial charge in [0.1, 0.15) is 4.83 Å². The molecular formula is C21H18BrF3N2O2. The zero-order valence-electron chi connectivity index (χ0n) is 15.3. The summed E-state index contributed by atoms with van der Waals surface area (Å²) in [7, 11) is 0. The maximum Gasteiger partial charge on any atom is 0.416 e. The Morgan fingerprint density at radius 3 is 2.45 bits per heavy atom.